The summed E-state index contributed by atoms with van der Waals surface area (Å²) in [5, 5.41) is 11.5. The summed E-state index contributed by atoms with van der Waals surface area (Å²) in [6, 6.07) is 20.2. The highest BCUT2D eigenvalue weighted by molar-refractivity contribution is 8.03. The van der Waals surface area contributed by atoms with Gasteiger partial charge in [0.15, 0.2) is 0 Å². The van der Waals surface area contributed by atoms with Crippen molar-refractivity contribution in [1.29, 1.82) is 5.26 Å². The van der Waals surface area contributed by atoms with Gasteiger partial charge in [-0.1, -0.05) is 43.0 Å². The first kappa shape index (κ1) is 33.9. The lowest BCUT2D eigenvalue weighted by molar-refractivity contribution is 1.13. The van der Waals surface area contributed by atoms with Gasteiger partial charge in [0.25, 0.3) is 0 Å². The fourth-order valence-electron chi connectivity index (χ4n) is 6.68. The van der Waals surface area contributed by atoms with Crippen LogP contribution in [0, 0.1) is 24.5 Å². The van der Waals surface area contributed by atoms with Crippen molar-refractivity contribution in [3.8, 4) is 38.8 Å². The average molecular weight is 694 g/mol. The molecule has 8 heteroatoms. The number of H-pyrrole nitrogens is 2. The summed E-state index contributed by atoms with van der Waals surface area (Å²) in [6.45, 7) is 10.2. The normalized spacial score (nSPS) is 12.2. The summed E-state index contributed by atoms with van der Waals surface area (Å²) in [7, 11) is 0. The number of rotatable bonds is 7. The minimum absolute atomic E-state index is 0.811. The van der Waals surface area contributed by atoms with Gasteiger partial charge in [-0.05, 0) is 128 Å². The summed E-state index contributed by atoms with van der Waals surface area (Å²) >= 11 is 1.14. The molecule has 1 aromatic carbocycles. The van der Waals surface area contributed by atoms with Crippen molar-refractivity contribution in [2.45, 2.75) is 25.7 Å². The minimum atomic E-state index is 0.811. The van der Waals surface area contributed by atoms with E-state index >= 15 is 0 Å². The number of aryl methyl sites for hydroxylation is 2. The lowest BCUT2D eigenvalue weighted by atomic mass is 10.0. The molecule has 0 fully saturated rings. The van der Waals surface area contributed by atoms with E-state index in [-0.39, 0.29) is 0 Å². The van der Waals surface area contributed by atoms with Crippen molar-refractivity contribution in [2.75, 3.05) is 0 Å². The molecule has 5 aromatic rings. The molecule has 4 aromatic heterocycles. The standard InChI is InChI=1S/C44H35N7S/c1-5-7-30(8-6-2)43-37-15-13-35(49-37)41(32-19-23-46-24-20-32)28(3)48-29(4)42(33-21-25-47-26-22-33)36-14-16-39(50-36)44(40-18-17-38(43)51-40)31-9-11-34(12-10-31)52-27-45/h5-26,48,51H,1H2,2-4H3/b8-6-,30-7+,41-28?,42-29?,43-37?,44-39?. The van der Waals surface area contributed by atoms with Crippen LogP contribution < -0.4 is 0 Å². The van der Waals surface area contributed by atoms with E-state index in [4.69, 9.17) is 9.97 Å². The topological polar surface area (TPSA) is 107 Å². The van der Waals surface area contributed by atoms with Gasteiger partial charge >= 0.3 is 0 Å². The van der Waals surface area contributed by atoms with Crippen molar-refractivity contribution in [2.24, 2.45) is 0 Å². The molecule has 252 valence electrons. The van der Waals surface area contributed by atoms with Crippen LogP contribution in [0.15, 0.2) is 121 Å². The van der Waals surface area contributed by atoms with Gasteiger partial charge in [-0.3, -0.25) is 9.97 Å². The van der Waals surface area contributed by atoms with Crippen molar-refractivity contribution < 1.29 is 0 Å². The zero-order valence-electron chi connectivity index (χ0n) is 29.1. The molecule has 6 heterocycles. The van der Waals surface area contributed by atoms with Crippen LogP contribution in [-0.2, 0) is 0 Å². The van der Waals surface area contributed by atoms with E-state index in [9.17, 15) is 5.26 Å². The summed E-state index contributed by atoms with van der Waals surface area (Å²) in [5.41, 5.74) is 14.7. The van der Waals surface area contributed by atoms with Gasteiger partial charge in [-0.15, -0.1) is 0 Å². The van der Waals surface area contributed by atoms with Gasteiger partial charge in [0, 0.05) is 74.4 Å². The number of hydrogen-bond donors (Lipinski definition) is 2. The molecule has 0 spiro atoms. The highest BCUT2D eigenvalue weighted by atomic mass is 32.2. The Balaban J connectivity index is 1.69. The molecule has 0 amide bonds. The van der Waals surface area contributed by atoms with Crippen LogP contribution in [0.3, 0.4) is 0 Å². The molecule has 7 nitrogen and oxygen atoms in total. The van der Waals surface area contributed by atoms with Crippen molar-refractivity contribution in [1.82, 2.24) is 29.9 Å². The number of nitriles is 1. The zero-order chi connectivity index (χ0) is 36.0. The molecule has 0 saturated carbocycles. The van der Waals surface area contributed by atoms with E-state index in [2.05, 4.69) is 88.3 Å². The Kier molecular flexibility index (Phi) is 9.87. The Morgan fingerprint density at radius 1 is 0.673 bits per heavy atom. The number of hydrogen-bond acceptors (Lipinski definition) is 6. The molecular weight excluding hydrogens is 659 g/mol. The summed E-state index contributed by atoms with van der Waals surface area (Å²) < 4.78 is 0. The van der Waals surface area contributed by atoms with E-state index in [0.717, 1.165) is 106 Å². The van der Waals surface area contributed by atoms with Gasteiger partial charge in [0.05, 0.1) is 22.8 Å². The second-order valence-electron chi connectivity index (χ2n) is 12.1. The molecule has 0 radical (unpaired) electrons. The van der Waals surface area contributed by atoms with E-state index < -0.39 is 0 Å². The number of pyridine rings is 2. The number of nitrogens with zero attached hydrogens (tertiary/aromatic N) is 5. The first-order valence-corrected chi connectivity index (χ1v) is 17.6. The lowest BCUT2D eigenvalue weighted by Crippen LogP contribution is -1.95. The van der Waals surface area contributed by atoms with E-state index in [1.807, 2.05) is 67.6 Å². The number of aromatic amines is 2. The monoisotopic (exact) mass is 693 g/mol. The Morgan fingerprint density at radius 2 is 1.19 bits per heavy atom. The number of nitrogens with one attached hydrogen (secondary N) is 2. The number of benzene rings is 1. The quantitative estimate of drug-likeness (QED) is 0.0977. The number of thioether (sulfide) groups is 1. The molecule has 6 bridgehead atoms. The Labute approximate surface area is 307 Å². The lowest BCUT2D eigenvalue weighted by Gasteiger charge is -2.10. The number of allylic oxidation sites excluding steroid dienone is 5. The predicted molar refractivity (Wildman–Crippen MR) is 216 cm³/mol. The van der Waals surface area contributed by atoms with Crippen molar-refractivity contribution in [3.05, 3.63) is 156 Å². The van der Waals surface area contributed by atoms with Crippen LogP contribution in [0.25, 0.3) is 74.3 Å². The molecule has 52 heavy (non-hydrogen) atoms. The van der Waals surface area contributed by atoms with Crippen LogP contribution in [0.4, 0.5) is 0 Å². The molecule has 2 N–H and O–H groups in total. The van der Waals surface area contributed by atoms with Crippen molar-refractivity contribution in [3.63, 3.8) is 0 Å². The molecule has 0 atom stereocenters. The second-order valence-corrected chi connectivity index (χ2v) is 13.0. The van der Waals surface area contributed by atoms with E-state index in [1.165, 1.54) is 0 Å². The molecule has 2 aliphatic heterocycles. The Morgan fingerprint density at radius 3 is 1.75 bits per heavy atom. The molecule has 2 aliphatic rings. The van der Waals surface area contributed by atoms with Crippen LogP contribution in [0.5, 0.6) is 0 Å². The fourth-order valence-corrected chi connectivity index (χ4v) is 7.06. The number of thiocyanates is 1. The summed E-state index contributed by atoms with van der Waals surface area (Å²) in [4.78, 5) is 27.6. The maximum atomic E-state index is 9.28. The van der Waals surface area contributed by atoms with Crippen LogP contribution in [-0.4, -0.2) is 29.9 Å². The van der Waals surface area contributed by atoms with Gasteiger partial charge in [-0.25, -0.2) is 9.97 Å². The molecule has 7 rings (SSSR count). The van der Waals surface area contributed by atoms with E-state index in [0.29, 0.717) is 0 Å². The highest BCUT2D eigenvalue weighted by Crippen LogP contribution is 2.36. The van der Waals surface area contributed by atoms with Crippen LogP contribution in [0.2, 0.25) is 0 Å². The van der Waals surface area contributed by atoms with Gasteiger partial charge in [0.2, 0.25) is 0 Å². The minimum Gasteiger partial charge on any atom is -0.362 e. The van der Waals surface area contributed by atoms with E-state index in [1.54, 1.807) is 30.9 Å². The average Bonchev–Trinajstić information content (AvgIpc) is 3.94. The molecule has 0 saturated heterocycles. The van der Waals surface area contributed by atoms with Crippen LogP contribution in [0.1, 0.15) is 46.7 Å². The number of aromatic nitrogens is 6. The SMILES string of the molecule is C=C/C=C(\C=C/C)c1c2nc(c(-c3ccncc3)c(C)[nH]c(C)c(-c3ccncc3)c3nc(c(-c4ccc(SC#N)cc4)c4ccc1[nH]4)C=C3)C=C2. The smallest absolute Gasteiger partial charge is 0.138 e. The molecular formula is C44H35N7S. The highest BCUT2D eigenvalue weighted by Gasteiger charge is 2.18. The summed E-state index contributed by atoms with van der Waals surface area (Å²) in [6.07, 6.45) is 23.4. The van der Waals surface area contributed by atoms with Gasteiger partial charge in [-0.2, -0.15) is 5.26 Å². The first-order chi connectivity index (χ1) is 25.5. The zero-order valence-corrected chi connectivity index (χ0v) is 29.9. The fraction of sp³-hybridized carbons (Fsp3) is 0.0682. The van der Waals surface area contributed by atoms with Gasteiger partial charge in [0.1, 0.15) is 5.40 Å². The third-order valence-electron chi connectivity index (χ3n) is 8.83. The van der Waals surface area contributed by atoms with Gasteiger partial charge < -0.3 is 9.97 Å². The largest absolute Gasteiger partial charge is 0.362 e. The second kappa shape index (κ2) is 15.1. The first-order valence-electron chi connectivity index (χ1n) is 16.8. The predicted octanol–water partition coefficient (Wildman–Crippen LogP) is 11.2. The third kappa shape index (κ3) is 6.78. The summed E-state index contributed by atoms with van der Waals surface area (Å²) in [5.74, 6) is 0. The van der Waals surface area contributed by atoms with Crippen molar-refractivity contribution >= 4 is 52.7 Å². The van der Waals surface area contributed by atoms with Crippen LogP contribution >= 0.6 is 11.8 Å². The maximum Gasteiger partial charge on any atom is 0.138 e. The molecule has 0 unspecified atom stereocenters. The Hall–Kier alpha value is -6.56. The molecule has 0 aliphatic carbocycles. The Bertz CT molecular complexity index is 2530. The maximum absolute atomic E-state index is 9.28. The number of fused-ring (bicyclic) bond motifs is 6. The third-order valence-corrected chi connectivity index (χ3v) is 9.43.